The van der Waals surface area contributed by atoms with Gasteiger partial charge in [-0.3, -0.25) is 0 Å². The normalized spacial score (nSPS) is 20.2. The van der Waals surface area contributed by atoms with Crippen molar-refractivity contribution in [3.05, 3.63) is 47.3 Å². The Hall–Kier alpha value is -1.15. The lowest BCUT2D eigenvalue weighted by Gasteiger charge is -2.29. The van der Waals surface area contributed by atoms with E-state index in [1.165, 1.54) is 5.56 Å². The molecule has 0 aliphatic carbocycles. The van der Waals surface area contributed by atoms with Crippen LogP contribution in [-0.2, 0) is 6.54 Å². The summed E-state index contributed by atoms with van der Waals surface area (Å²) in [5.41, 5.74) is 1.32. The minimum Gasteiger partial charge on any atom is -0.350 e. The highest BCUT2D eigenvalue weighted by molar-refractivity contribution is 6.29. The molecule has 1 aromatic rings. The summed E-state index contributed by atoms with van der Waals surface area (Å²) in [4.78, 5) is 4.40. The predicted octanol–water partition coefficient (Wildman–Crippen LogP) is 3.21. The minimum absolute atomic E-state index is 0.382. The smallest absolute Gasteiger partial charge is 0.122 e. The second-order valence-corrected chi connectivity index (χ2v) is 4.50. The third kappa shape index (κ3) is 2.17. The van der Waals surface area contributed by atoms with Gasteiger partial charge in [0.2, 0.25) is 0 Å². The van der Waals surface area contributed by atoms with Crippen LogP contribution in [0.5, 0.6) is 0 Å². The molecule has 0 N–H and O–H groups in total. The van der Waals surface area contributed by atoms with Crippen LogP contribution in [0.25, 0.3) is 0 Å². The Morgan fingerprint density at radius 3 is 2.56 bits per heavy atom. The molecule has 2 rings (SSSR count). The van der Waals surface area contributed by atoms with Crippen molar-refractivity contribution in [2.75, 3.05) is 7.05 Å². The van der Waals surface area contributed by atoms with Gasteiger partial charge in [-0.05, 0) is 12.0 Å². The Morgan fingerprint density at radius 1 is 1.25 bits per heavy atom. The summed E-state index contributed by atoms with van der Waals surface area (Å²) >= 11 is 6.14. The lowest BCUT2D eigenvalue weighted by molar-refractivity contribution is 0.163. The summed E-state index contributed by atoms with van der Waals surface area (Å²) in [5, 5.41) is 0.822. The van der Waals surface area contributed by atoms with Crippen LogP contribution in [0, 0.1) is 0 Å². The molecule has 1 aliphatic heterocycles. The van der Waals surface area contributed by atoms with Crippen molar-refractivity contribution >= 4 is 11.6 Å². The van der Waals surface area contributed by atoms with E-state index in [9.17, 15) is 0 Å². The van der Waals surface area contributed by atoms with Crippen molar-refractivity contribution in [3.8, 4) is 0 Å². The van der Waals surface area contributed by atoms with Crippen LogP contribution in [0.2, 0.25) is 0 Å². The first-order chi connectivity index (χ1) is 7.72. The van der Waals surface area contributed by atoms with Gasteiger partial charge in [0, 0.05) is 19.8 Å². The lowest BCUT2D eigenvalue weighted by Crippen LogP contribution is -2.36. The van der Waals surface area contributed by atoms with Crippen LogP contribution < -0.4 is 0 Å². The summed E-state index contributed by atoms with van der Waals surface area (Å²) in [5.74, 6) is 0. The van der Waals surface area contributed by atoms with Gasteiger partial charge in [0.15, 0.2) is 0 Å². The standard InChI is InChI=1S/C13H17ClN2/c1-3-13-15(2)12(14)10-16(13)9-11-7-5-4-6-8-11/h4-8,10,13H,3,9H2,1-2H3. The van der Waals surface area contributed by atoms with Crippen LogP contribution in [0.3, 0.4) is 0 Å². The fourth-order valence-electron chi connectivity index (χ4n) is 2.13. The minimum atomic E-state index is 0.382. The van der Waals surface area contributed by atoms with Gasteiger partial charge in [-0.25, -0.2) is 0 Å². The topological polar surface area (TPSA) is 6.48 Å². The van der Waals surface area contributed by atoms with Crippen LogP contribution in [-0.4, -0.2) is 23.0 Å². The van der Waals surface area contributed by atoms with Gasteiger partial charge in [-0.15, -0.1) is 0 Å². The van der Waals surface area contributed by atoms with E-state index < -0.39 is 0 Å². The molecule has 86 valence electrons. The quantitative estimate of drug-likeness (QED) is 0.744. The molecule has 1 aromatic carbocycles. The number of rotatable bonds is 3. The zero-order valence-electron chi connectivity index (χ0n) is 9.73. The largest absolute Gasteiger partial charge is 0.350 e. The molecular weight excluding hydrogens is 220 g/mol. The van der Waals surface area contributed by atoms with Crippen molar-refractivity contribution in [2.45, 2.75) is 26.1 Å². The molecule has 1 heterocycles. The monoisotopic (exact) mass is 236 g/mol. The molecule has 1 unspecified atom stereocenters. The van der Waals surface area contributed by atoms with Crippen LogP contribution in [0.1, 0.15) is 18.9 Å². The first-order valence-corrected chi connectivity index (χ1v) is 6.00. The summed E-state index contributed by atoms with van der Waals surface area (Å²) in [6, 6.07) is 10.5. The highest BCUT2D eigenvalue weighted by atomic mass is 35.5. The molecule has 0 saturated heterocycles. The van der Waals surface area contributed by atoms with E-state index in [4.69, 9.17) is 11.6 Å². The Bertz CT molecular complexity index is 375. The van der Waals surface area contributed by atoms with Crippen molar-refractivity contribution in [2.24, 2.45) is 0 Å². The van der Waals surface area contributed by atoms with Gasteiger partial charge in [-0.1, -0.05) is 48.9 Å². The Morgan fingerprint density at radius 2 is 1.94 bits per heavy atom. The maximum Gasteiger partial charge on any atom is 0.122 e. The molecule has 0 aromatic heterocycles. The molecule has 0 amide bonds. The lowest BCUT2D eigenvalue weighted by atomic mass is 10.2. The predicted molar refractivity (Wildman–Crippen MR) is 67.8 cm³/mol. The highest BCUT2D eigenvalue weighted by Gasteiger charge is 2.26. The number of halogens is 1. The van der Waals surface area contributed by atoms with Gasteiger partial charge < -0.3 is 9.80 Å². The molecule has 1 aliphatic rings. The summed E-state index contributed by atoms with van der Waals surface area (Å²) in [6.07, 6.45) is 3.48. The van der Waals surface area contributed by atoms with Gasteiger partial charge in [0.05, 0.1) is 0 Å². The first-order valence-electron chi connectivity index (χ1n) is 5.62. The number of benzene rings is 1. The Balaban J connectivity index is 2.10. The van der Waals surface area contributed by atoms with E-state index in [0.29, 0.717) is 6.17 Å². The number of hydrogen-bond acceptors (Lipinski definition) is 2. The highest BCUT2D eigenvalue weighted by Crippen LogP contribution is 2.26. The van der Waals surface area contributed by atoms with Crippen molar-refractivity contribution in [1.29, 1.82) is 0 Å². The van der Waals surface area contributed by atoms with E-state index in [2.05, 4.69) is 41.0 Å². The van der Waals surface area contributed by atoms with Gasteiger partial charge in [-0.2, -0.15) is 0 Å². The van der Waals surface area contributed by atoms with Crippen LogP contribution in [0.4, 0.5) is 0 Å². The fourth-order valence-corrected chi connectivity index (χ4v) is 2.37. The van der Waals surface area contributed by atoms with E-state index >= 15 is 0 Å². The molecule has 1 atom stereocenters. The van der Waals surface area contributed by atoms with E-state index in [-0.39, 0.29) is 0 Å². The average Bonchev–Trinajstić information content (AvgIpc) is 2.56. The summed E-state index contributed by atoms with van der Waals surface area (Å²) < 4.78 is 0. The molecule has 3 heteroatoms. The van der Waals surface area contributed by atoms with Gasteiger partial charge in [0.25, 0.3) is 0 Å². The van der Waals surface area contributed by atoms with Crippen molar-refractivity contribution in [3.63, 3.8) is 0 Å². The first kappa shape index (κ1) is 11.3. The molecule has 0 saturated carbocycles. The summed E-state index contributed by atoms with van der Waals surface area (Å²) in [6.45, 7) is 3.10. The maximum absolute atomic E-state index is 6.14. The maximum atomic E-state index is 6.14. The zero-order valence-corrected chi connectivity index (χ0v) is 10.5. The van der Waals surface area contributed by atoms with Crippen molar-refractivity contribution in [1.82, 2.24) is 9.80 Å². The molecule has 16 heavy (non-hydrogen) atoms. The van der Waals surface area contributed by atoms with E-state index in [1.807, 2.05) is 19.3 Å². The molecule has 0 fully saturated rings. The van der Waals surface area contributed by atoms with Crippen molar-refractivity contribution < 1.29 is 0 Å². The zero-order chi connectivity index (χ0) is 11.5. The molecule has 0 radical (unpaired) electrons. The van der Waals surface area contributed by atoms with E-state index in [0.717, 1.165) is 18.1 Å². The van der Waals surface area contributed by atoms with Gasteiger partial charge in [0.1, 0.15) is 11.3 Å². The number of nitrogens with zero attached hydrogens (tertiary/aromatic N) is 2. The van der Waals surface area contributed by atoms with Crippen LogP contribution in [0.15, 0.2) is 41.7 Å². The second-order valence-electron chi connectivity index (χ2n) is 4.11. The Kier molecular flexibility index (Phi) is 3.39. The molecule has 0 bridgehead atoms. The third-order valence-electron chi connectivity index (χ3n) is 3.01. The number of hydrogen-bond donors (Lipinski definition) is 0. The van der Waals surface area contributed by atoms with Gasteiger partial charge >= 0.3 is 0 Å². The molecular formula is C13H17ClN2. The third-order valence-corrected chi connectivity index (χ3v) is 3.38. The van der Waals surface area contributed by atoms with Crippen LogP contribution >= 0.6 is 11.6 Å². The average molecular weight is 237 g/mol. The summed E-state index contributed by atoms with van der Waals surface area (Å²) in [7, 11) is 2.04. The molecule has 2 nitrogen and oxygen atoms in total. The SMILES string of the molecule is CCC1N(Cc2ccccc2)C=C(Cl)N1C. The Labute approximate surface area is 102 Å². The second kappa shape index (κ2) is 4.79. The molecule has 0 spiro atoms. The van der Waals surface area contributed by atoms with E-state index in [1.54, 1.807) is 0 Å². The fraction of sp³-hybridized carbons (Fsp3) is 0.385.